The van der Waals surface area contributed by atoms with E-state index in [1.165, 1.54) is 0 Å². The second-order valence-corrected chi connectivity index (χ2v) is 5.58. The van der Waals surface area contributed by atoms with Crippen molar-refractivity contribution in [2.75, 3.05) is 0 Å². The maximum Gasteiger partial charge on any atom is 0.212 e. The number of nitriles is 1. The monoisotopic (exact) mass is 325 g/mol. The first kappa shape index (κ1) is 13.0. The van der Waals surface area contributed by atoms with Gasteiger partial charge < -0.3 is 4.42 Å². The van der Waals surface area contributed by atoms with Gasteiger partial charge in [-0.1, -0.05) is 46.3 Å². The lowest BCUT2D eigenvalue weighted by molar-refractivity contribution is 0.600. The van der Waals surface area contributed by atoms with E-state index >= 15 is 0 Å². The molecule has 0 spiro atoms. The molecule has 20 heavy (non-hydrogen) atoms. The number of benzene rings is 2. The third-order valence-electron chi connectivity index (χ3n) is 3.50. The molecule has 0 bridgehead atoms. The fourth-order valence-corrected chi connectivity index (χ4v) is 2.86. The maximum atomic E-state index is 9.35. The van der Waals surface area contributed by atoms with Crippen molar-refractivity contribution in [3.8, 4) is 17.2 Å². The lowest BCUT2D eigenvalue weighted by Gasteiger charge is -2.06. The van der Waals surface area contributed by atoms with E-state index in [9.17, 15) is 5.26 Å². The molecule has 1 aromatic heterocycles. The highest BCUT2D eigenvalue weighted by molar-refractivity contribution is 9.10. The molecule has 1 heterocycles. The van der Waals surface area contributed by atoms with E-state index in [1.807, 2.05) is 50.2 Å². The molecule has 0 radical (unpaired) electrons. The van der Waals surface area contributed by atoms with Crippen LogP contribution in [0.15, 0.2) is 45.3 Å². The van der Waals surface area contributed by atoms with Gasteiger partial charge in [-0.15, -0.1) is 0 Å². The first-order valence-corrected chi connectivity index (χ1v) is 7.10. The summed E-state index contributed by atoms with van der Waals surface area (Å²) >= 11 is 3.61. The minimum Gasteiger partial charge on any atom is -0.445 e. The normalized spacial score (nSPS) is 10.7. The Bertz CT molecular complexity index is 841. The summed E-state index contributed by atoms with van der Waals surface area (Å²) in [4.78, 5) is 0. The third-order valence-corrected chi connectivity index (χ3v) is 4.72. The summed E-state index contributed by atoms with van der Waals surface area (Å²) in [6.07, 6.45) is 0. The zero-order chi connectivity index (χ0) is 14.3. The van der Waals surface area contributed by atoms with Crippen LogP contribution in [0.1, 0.15) is 16.9 Å². The van der Waals surface area contributed by atoms with Gasteiger partial charge in [0, 0.05) is 15.4 Å². The lowest BCUT2D eigenvalue weighted by atomic mass is 9.98. The van der Waals surface area contributed by atoms with Crippen LogP contribution in [0.3, 0.4) is 0 Å². The van der Waals surface area contributed by atoms with E-state index in [-0.39, 0.29) is 0 Å². The Kier molecular flexibility index (Phi) is 3.11. The number of fused-ring (bicyclic) bond motifs is 1. The number of halogens is 1. The van der Waals surface area contributed by atoms with Crippen LogP contribution in [0, 0.1) is 25.2 Å². The highest BCUT2D eigenvalue weighted by Gasteiger charge is 2.19. The molecular formula is C17H12BrNO. The summed E-state index contributed by atoms with van der Waals surface area (Å²) in [5.41, 5.74) is 4.85. The Morgan fingerprint density at radius 2 is 1.85 bits per heavy atom. The fourth-order valence-electron chi connectivity index (χ4n) is 2.55. The minimum atomic E-state index is 0.367. The molecule has 0 unspecified atom stereocenters. The van der Waals surface area contributed by atoms with Gasteiger partial charge in [0.15, 0.2) is 0 Å². The number of nitrogens with zero attached hydrogens (tertiary/aromatic N) is 1. The third kappa shape index (κ3) is 1.85. The number of furan rings is 1. The quantitative estimate of drug-likeness (QED) is 0.604. The van der Waals surface area contributed by atoms with E-state index in [4.69, 9.17) is 4.42 Å². The molecule has 0 aliphatic rings. The number of hydrogen-bond acceptors (Lipinski definition) is 2. The summed E-state index contributed by atoms with van der Waals surface area (Å²) in [6.45, 7) is 4.07. The van der Waals surface area contributed by atoms with Gasteiger partial charge >= 0.3 is 0 Å². The Balaban J connectivity index is 2.48. The van der Waals surface area contributed by atoms with Crippen LogP contribution < -0.4 is 0 Å². The minimum absolute atomic E-state index is 0.367. The number of hydrogen-bond donors (Lipinski definition) is 0. The van der Waals surface area contributed by atoms with Crippen LogP contribution in [-0.4, -0.2) is 0 Å². The second-order valence-electron chi connectivity index (χ2n) is 4.79. The van der Waals surface area contributed by atoms with Crippen molar-refractivity contribution < 1.29 is 4.42 Å². The topological polar surface area (TPSA) is 36.9 Å². The van der Waals surface area contributed by atoms with Gasteiger partial charge in [-0.3, -0.25) is 0 Å². The molecule has 0 saturated heterocycles. The number of rotatable bonds is 1. The van der Waals surface area contributed by atoms with Crippen molar-refractivity contribution >= 4 is 26.9 Å². The van der Waals surface area contributed by atoms with E-state index in [1.54, 1.807) is 0 Å². The Morgan fingerprint density at radius 3 is 2.50 bits per heavy atom. The molecular weight excluding hydrogens is 314 g/mol. The van der Waals surface area contributed by atoms with Gasteiger partial charge in [-0.25, -0.2) is 0 Å². The molecule has 0 N–H and O–H groups in total. The Morgan fingerprint density at radius 1 is 1.15 bits per heavy atom. The fraction of sp³-hybridized carbons (Fsp3) is 0.118. The molecule has 98 valence electrons. The summed E-state index contributed by atoms with van der Waals surface area (Å²) in [7, 11) is 0. The van der Waals surface area contributed by atoms with Gasteiger partial charge in [0.05, 0.1) is 0 Å². The molecule has 3 heteroatoms. The summed E-state index contributed by atoms with van der Waals surface area (Å²) in [6, 6.07) is 14.0. The molecule has 0 saturated carbocycles. The molecule has 0 aliphatic heterocycles. The van der Waals surface area contributed by atoms with Crippen molar-refractivity contribution in [2.45, 2.75) is 13.8 Å². The molecule has 0 fully saturated rings. The average Bonchev–Trinajstić information content (AvgIpc) is 2.84. The molecule has 3 aromatic rings. The number of aryl methyl sites for hydroxylation is 2. The summed E-state index contributed by atoms with van der Waals surface area (Å²) in [5.74, 6) is 0.367. The predicted molar refractivity (Wildman–Crippen MR) is 83.5 cm³/mol. The molecule has 0 atom stereocenters. The van der Waals surface area contributed by atoms with Crippen LogP contribution in [0.25, 0.3) is 22.1 Å². The van der Waals surface area contributed by atoms with Crippen LogP contribution >= 0.6 is 15.9 Å². The van der Waals surface area contributed by atoms with Gasteiger partial charge in [-0.05, 0) is 36.6 Å². The van der Waals surface area contributed by atoms with Crippen LogP contribution in [-0.2, 0) is 0 Å². The smallest absolute Gasteiger partial charge is 0.212 e. The van der Waals surface area contributed by atoms with Crippen molar-refractivity contribution in [3.63, 3.8) is 0 Å². The highest BCUT2D eigenvalue weighted by atomic mass is 79.9. The maximum absolute atomic E-state index is 9.35. The van der Waals surface area contributed by atoms with Crippen LogP contribution in [0.5, 0.6) is 0 Å². The molecule has 0 aliphatic carbocycles. The predicted octanol–water partition coefficient (Wildman–Crippen LogP) is 5.35. The zero-order valence-electron chi connectivity index (χ0n) is 11.2. The van der Waals surface area contributed by atoms with Gasteiger partial charge in [-0.2, -0.15) is 5.26 Å². The standard InChI is InChI=1S/C17H12BrNO/c1-10-8-13-15(11(2)17(10)18)16(14(9-19)20-13)12-6-4-3-5-7-12/h3-8H,1-2H3. The van der Waals surface area contributed by atoms with E-state index in [2.05, 4.69) is 22.0 Å². The highest BCUT2D eigenvalue weighted by Crippen LogP contribution is 2.40. The summed E-state index contributed by atoms with van der Waals surface area (Å²) < 4.78 is 6.80. The average molecular weight is 326 g/mol. The van der Waals surface area contributed by atoms with Crippen molar-refractivity contribution in [1.82, 2.24) is 0 Å². The first-order valence-electron chi connectivity index (χ1n) is 6.31. The van der Waals surface area contributed by atoms with E-state index in [0.29, 0.717) is 5.76 Å². The second kappa shape index (κ2) is 4.81. The molecule has 2 aromatic carbocycles. The van der Waals surface area contributed by atoms with Gasteiger partial charge in [0.2, 0.25) is 5.76 Å². The summed E-state index contributed by atoms with van der Waals surface area (Å²) in [5, 5.41) is 10.4. The van der Waals surface area contributed by atoms with E-state index in [0.717, 1.165) is 37.7 Å². The molecule has 3 rings (SSSR count). The van der Waals surface area contributed by atoms with Crippen LogP contribution in [0.2, 0.25) is 0 Å². The molecule has 0 amide bonds. The first-order chi connectivity index (χ1) is 9.63. The van der Waals surface area contributed by atoms with Crippen molar-refractivity contribution in [2.24, 2.45) is 0 Å². The lowest BCUT2D eigenvalue weighted by Crippen LogP contribution is -1.85. The Labute approximate surface area is 125 Å². The van der Waals surface area contributed by atoms with Crippen LogP contribution in [0.4, 0.5) is 0 Å². The van der Waals surface area contributed by atoms with Crippen molar-refractivity contribution in [3.05, 3.63) is 57.8 Å². The SMILES string of the molecule is Cc1cc2oc(C#N)c(-c3ccccc3)c2c(C)c1Br. The largest absolute Gasteiger partial charge is 0.445 e. The van der Waals surface area contributed by atoms with E-state index < -0.39 is 0 Å². The Hall–Kier alpha value is -2.05. The van der Waals surface area contributed by atoms with Crippen molar-refractivity contribution in [1.29, 1.82) is 5.26 Å². The molecule has 2 nitrogen and oxygen atoms in total. The zero-order valence-corrected chi connectivity index (χ0v) is 12.8. The van der Waals surface area contributed by atoms with Gasteiger partial charge in [0.25, 0.3) is 0 Å². The van der Waals surface area contributed by atoms with Gasteiger partial charge in [0.1, 0.15) is 11.7 Å².